The molecule has 4 saturated heterocycles. The number of nitrogens with zero attached hydrogens (tertiary/aromatic N) is 5. The van der Waals surface area contributed by atoms with Gasteiger partial charge in [-0.15, -0.1) is 0 Å². The topological polar surface area (TPSA) is 143 Å². The first kappa shape index (κ1) is 37.7. The molecule has 5 aliphatic heterocycles. The predicted molar refractivity (Wildman–Crippen MR) is 209 cm³/mol. The number of carbonyl (C=O) groups is 5. The van der Waals surface area contributed by atoms with Gasteiger partial charge < -0.3 is 19.4 Å². The lowest BCUT2D eigenvalue weighted by Gasteiger charge is -2.39. The quantitative estimate of drug-likeness (QED) is 0.298. The molecule has 8 rings (SSSR count). The second-order valence-corrected chi connectivity index (χ2v) is 16.0. The van der Waals surface area contributed by atoms with Gasteiger partial charge in [0, 0.05) is 63.6 Å². The summed E-state index contributed by atoms with van der Waals surface area (Å²) in [6.07, 6.45) is 5.77. The molecule has 5 amide bonds. The maximum atomic E-state index is 13.6. The standard InChI is InChI=1S/C43H45ClN6O6/c44-35-24-33(9-8-31(35)25-45)56-32-16-22-49(23-17-32)41(53)30-6-4-28(5-7-30)29-14-18-47(19-15-29)26-27-12-20-48(21-13-27)36-3-1-2-34-39(36)43(55)50(42(34)54)37-10-11-38(51)46-40(37)52/h1-9,24,27,29,32,37H,10-23,26H2,(H,46,51,52). The van der Waals surface area contributed by atoms with Crippen molar-refractivity contribution in [3.05, 3.63) is 93.5 Å². The summed E-state index contributed by atoms with van der Waals surface area (Å²) in [6.45, 7) is 5.88. The van der Waals surface area contributed by atoms with Gasteiger partial charge in [-0.05, 0) is 99.0 Å². The van der Waals surface area contributed by atoms with Crippen molar-refractivity contribution in [2.24, 2.45) is 5.92 Å². The van der Waals surface area contributed by atoms with Crippen LogP contribution in [-0.4, -0.2) is 102 Å². The molecule has 4 fully saturated rings. The van der Waals surface area contributed by atoms with E-state index in [1.54, 1.807) is 30.3 Å². The molecule has 3 aromatic carbocycles. The number of hydrogen-bond acceptors (Lipinski definition) is 9. The van der Waals surface area contributed by atoms with Crippen molar-refractivity contribution < 1.29 is 28.7 Å². The molecule has 1 atom stereocenters. The lowest BCUT2D eigenvalue weighted by molar-refractivity contribution is -0.136. The molecular formula is C43H45ClN6O6. The maximum absolute atomic E-state index is 13.6. The minimum Gasteiger partial charge on any atom is -0.490 e. The van der Waals surface area contributed by atoms with E-state index in [-0.39, 0.29) is 30.8 Å². The summed E-state index contributed by atoms with van der Waals surface area (Å²) in [4.78, 5) is 72.2. The highest BCUT2D eigenvalue weighted by Crippen LogP contribution is 2.37. The zero-order valence-electron chi connectivity index (χ0n) is 31.3. The molecule has 13 heteroatoms. The van der Waals surface area contributed by atoms with Crippen LogP contribution < -0.4 is 15.0 Å². The van der Waals surface area contributed by atoms with E-state index in [9.17, 15) is 24.0 Å². The Morgan fingerprint density at radius 3 is 2.25 bits per heavy atom. The third-order valence-electron chi connectivity index (χ3n) is 12.2. The van der Waals surface area contributed by atoms with Crippen LogP contribution >= 0.6 is 11.6 Å². The SMILES string of the molecule is N#Cc1ccc(OC2CCN(C(=O)c3ccc(C4CCN(CC5CCN(c6cccc7c6C(=O)N(C6CCC(=O)NC6=O)C7=O)CC5)CC4)cc3)CC2)cc1Cl. The Morgan fingerprint density at radius 1 is 0.839 bits per heavy atom. The van der Waals surface area contributed by atoms with Gasteiger partial charge in [0.25, 0.3) is 17.7 Å². The number of nitrogens with one attached hydrogen (secondary N) is 1. The Labute approximate surface area is 331 Å². The minimum atomic E-state index is -0.975. The average Bonchev–Trinajstić information content (AvgIpc) is 3.47. The normalized spacial score (nSPS) is 21.6. The van der Waals surface area contributed by atoms with E-state index in [4.69, 9.17) is 21.6 Å². The van der Waals surface area contributed by atoms with Crippen LogP contribution in [0.2, 0.25) is 5.02 Å². The molecule has 0 aromatic heterocycles. The minimum absolute atomic E-state index is 0.0131. The van der Waals surface area contributed by atoms with Crippen LogP contribution in [0.5, 0.6) is 5.75 Å². The van der Waals surface area contributed by atoms with Crippen LogP contribution in [0.25, 0.3) is 0 Å². The first-order valence-electron chi connectivity index (χ1n) is 19.7. The van der Waals surface area contributed by atoms with Crippen molar-refractivity contribution in [3.63, 3.8) is 0 Å². The lowest BCUT2D eigenvalue weighted by atomic mass is 9.87. The van der Waals surface area contributed by atoms with Gasteiger partial charge in [-0.1, -0.05) is 29.8 Å². The van der Waals surface area contributed by atoms with Gasteiger partial charge in [-0.2, -0.15) is 5.26 Å². The Bertz CT molecular complexity index is 2080. The van der Waals surface area contributed by atoms with Gasteiger partial charge in [0.15, 0.2) is 0 Å². The third-order valence-corrected chi connectivity index (χ3v) is 12.5. The van der Waals surface area contributed by atoms with E-state index >= 15 is 0 Å². The van der Waals surface area contributed by atoms with Gasteiger partial charge >= 0.3 is 0 Å². The molecule has 0 spiro atoms. The Kier molecular flexibility index (Phi) is 10.8. The molecule has 0 saturated carbocycles. The van der Waals surface area contributed by atoms with Crippen LogP contribution in [0.4, 0.5) is 5.69 Å². The van der Waals surface area contributed by atoms with Crippen LogP contribution in [0.1, 0.15) is 99.5 Å². The molecule has 1 N–H and O–H groups in total. The summed E-state index contributed by atoms with van der Waals surface area (Å²) < 4.78 is 6.09. The van der Waals surface area contributed by atoms with E-state index in [1.807, 2.05) is 23.1 Å². The lowest BCUT2D eigenvalue weighted by Crippen LogP contribution is -2.54. The van der Waals surface area contributed by atoms with E-state index in [0.717, 1.165) is 81.8 Å². The number of carbonyl (C=O) groups excluding carboxylic acids is 5. The molecule has 0 radical (unpaired) electrons. The molecule has 1 unspecified atom stereocenters. The largest absolute Gasteiger partial charge is 0.490 e. The van der Waals surface area contributed by atoms with Crippen molar-refractivity contribution >= 4 is 46.8 Å². The monoisotopic (exact) mass is 776 g/mol. The van der Waals surface area contributed by atoms with Crippen LogP contribution in [0, 0.1) is 17.2 Å². The Morgan fingerprint density at radius 2 is 1.57 bits per heavy atom. The van der Waals surface area contributed by atoms with Gasteiger partial charge in [0.05, 0.1) is 27.4 Å². The first-order chi connectivity index (χ1) is 27.2. The number of anilines is 1. The van der Waals surface area contributed by atoms with Gasteiger partial charge in [-0.25, -0.2) is 0 Å². The number of benzene rings is 3. The molecule has 5 heterocycles. The van der Waals surface area contributed by atoms with E-state index in [0.29, 0.717) is 58.0 Å². The number of likely N-dealkylation sites (tertiary alicyclic amines) is 2. The molecule has 12 nitrogen and oxygen atoms in total. The van der Waals surface area contributed by atoms with Crippen LogP contribution in [0.15, 0.2) is 60.7 Å². The number of halogens is 1. The highest BCUT2D eigenvalue weighted by atomic mass is 35.5. The van der Waals surface area contributed by atoms with Crippen LogP contribution in [0.3, 0.4) is 0 Å². The smallest absolute Gasteiger partial charge is 0.264 e. The number of fused-ring (bicyclic) bond motifs is 1. The highest BCUT2D eigenvalue weighted by Gasteiger charge is 2.46. The molecular weight excluding hydrogens is 732 g/mol. The van der Waals surface area contributed by atoms with Gasteiger partial charge in [-0.3, -0.25) is 34.2 Å². The summed E-state index contributed by atoms with van der Waals surface area (Å²) in [5.41, 5.74) is 3.82. The Hall–Kier alpha value is -5.25. The number of hydrogen-bond donors (Lipinski definition) is 1. The zero-order chi connectivity index (χ0) is 38.9. The first-order valence-corrected chi connectivity index (χ1v) is 20.1. The second kappa shape index (κ2) is 16.1. The number of imide groups is 2. The fourth-order valence-corrected chi connectivity index (χ4v) is 9.25. The fraction of sp³-hybridized carbons (Fsp3) is 0.442. The van der Waals surface area contributed by atoms with E-state index in [2.05, 4.69) is 33.3 Å². The molecule has 5 aliphatic rings. The summed E-state index contributed by atoms with van der Waals surface area (Å²) in [7, 11) is 0. The van der Waals surface area contributed by atoms with Crippen molar-refractivity contribution in [2.45, 2.75) is 69.4 Å². The van der Waals surface area contributed by atoms with Crippen LogP contribution in [-0.2, 0) is 9.59 Å². The van der Waals surface area contributed by atoms with Crippen molar-refractivity contribution in [3.8, 4) is 11.8 Å². The number of piperidine rings is 4. The average molecular weight is 777 g/mol. The Balaban J connectivity index is 0.782. The van der Waals surface area contributed by atoms with Crippen molar-refractivity contribution in [1.82, 2.24) is 20.0 Å². The predicted octanol–water partition coefficient (Wildman–Crippen LogP) is 5.39. The molecule has 290 valence electrons. The van der Waals surface area contributed by atoms with Gasteiger partial charge in [0.1, 0.15) is 24.0 Å². The van der Waals surface area contributed by atoms with Gasteiger partial charge in [0.2, 0.25) is 11.8 Å². The number of nitriles is 1. The number of rotatable bonds is 8. The molecule has 56 heavy (non-hydrogen) atoms. The van der Waals surface area contributed by atoms with E-state index < -0.39 is 23.8 Å². The highest BCUT2D eigenvalue weighted by molar-refractivity contribution is 6.31. The second-order valence-electron chi connectivity index (χ2n) is 15.6. The zero-order valence-corrected chi connectivity index (χ0v) is 32.0. The summed E-state index contributed by atoms with van der Waals surface area (Å²) >= 11 is 6.16. The number of ether oxygens (including phenoxy) is 1. The summed E-state index contributed by atoms with van der Waals surface area (Å²) in [5.74, 6) is -0.251. The number of amides is 5. The van der Waals surface area contributed by atoms with E-state index in [1.165, 1.54) is 5.56 Å². The molecule has 0 bridgehead atoms. The van der Waals surface area contributed by atoms with Crippen molar-refractivity contribution in [2.75, 3.05) is 50.7 Å². The molecule has 3 aromatic rings. The maximum Gasteiger partial charge on any atom is 0.264 e. The summed E-state index contributed by atoms with van der Waals surface area (Å²) in [5, 5.41) is 11.7. The summed E-state index contributed by atoms with van der Waals surface area (Å²) in [6, 6.07) is 19.7. The van der Waals surface area contributed by atoms with Crippen molar-refractivity contribution in [1.29, 1.82) is 5.26 Å². The molecule has 0 aliphatic carbocycles. The third kappa shape index (κ3) is 7.62. The fourth-order valence-electron chi connectivity index (χ4n) is 9.04.